The number of hydrogen-bond donors (Lipinski definition) is 5. The van der Waals surface area contributed by atoms with Gasteiger partial charge in [-0.05, 0) is 60.1 Å². The van der Waals surface area contributed by atoms with Crippen LogP contribution in [0.3, 0.4) is 0 Å². The van der Waals surface area contributed by atoms with Gasteiger partial charge in [-0.2, -0.15) is 0 Å². The van der Waals surface area contributed by atoms with Crippen LogP contribution in [0.5, 0.6) is 0 Å². The second-order valence-electron chi connectivity index (χ2n) is 12.5. The average molecular weight is 709 g/mol. The molecule has 1 saturated heterocycles. The van der Waals surface area contributed by atoms with Gasteiger partial charge in [0.05, 0.1) is 11.2 Å². The van der Waals surface area contributed by atoms with E-state index in [1.807, 2.05) is 84.9 Å². The number of carbonyl (C=O) groups excluding carboxylic acids is 4. The number of amides is 4. The number of rotatable bonds is 14. The summed E-state index contributed by atoms with van der Waals surface area (Å²) in [6.07, 6.45) is 1.89. The monoisotopic (exact) mass is 708 g/mol. The van der Waals surface area contributed by atoms with E-state index in [2.05, 4.69) is 26.3 Å². The normalized spacial score (nSPS) is 15.1. The van der Waals surface area contributed by atoms with Gasteiger partial charge >= 0.3 is 0 Å². The van der Waals surface area contributed by atoms with Crippen molar-refractivity contribution >= 4 is 56.4 Å². The molecule has 258 valence electrons. The number of aromatic nitrogens is 1. The first kappa shape index (κ1) is 34.9. The Balaban J connectivity index is 1.24. The minimum atomic E-state index is -1.05. The third kappa shape index (κ3) is 9.20. The van der Waals surface area contributed by atoms with Crippen molar-refractivity contribution in [3.05, 3.63) is 112 Å². The molecule has 3 aromatic carbocycles. The molecule has 0 saturated carbocycles. The number of primary amides is 1. The molecule has 10 nitrogen and oxygen atoms in total. The van der Waals surface area contributed by atoms with E-state index in [-0.39, 0.29) is 31.1 Å². The van der Waals surface area contributed by atoms with Crippen molar-refractivity contribution in [3.63, 3.8) is 0 Å². The molecule has 12 heteroatoms. The molecule has 1 aliphatic heterocycles. The number of thiophene rings is 1. The predicted molar refractivity (Wildman–Crippen MR) is 198 cm³/mol. The zero-order chi connectivity index (χ0) is 34.9. The molecule has 0 spiro atoms. The smallest absolute Gasteiger partial charge is 0.243 e. The highest BCUT2D eigenvalue weighted by Gasteiger charge is 2.32. The highest BCUT2D eigenvalue weighted by atomic mass is 32.1. The Morgan fingerprint density at radius 1 is 0.780 bits per heavy atom. The lowest BCUT2D eigenvalue weighted by molar-refractivity contribution is -0.134. The summed E-state index contributed by atoms with van der Waals surface area (Å²) < 4.78 is 1.05. The quantitative estimate of drug-likeness (QED) is 0.118. The number of thiazole rings is 1. The molecule has 0 bridgehead atoms. The highest BCUT2D eigenvalue weighted by Crippen LogP contribution is 2.26. The summed E-state index contributed by atoms with van der Waals surface area (Å²) >= 11 is 2.91. The molecule has 5 aromatic rings. The van der Waals surface area contributed by atoms with Gasteiger partial charge in [-0.25, -0.2) is 4.98 Å². The van der Waals surface area contributed by atoms with Gasteiger partial charge in [0.1, 0.15) is 18.1 Å². The number of fused-ring (bicyclic) bond motifs is 1. The van der Waals surface area contributed by atoms with Crippen molar-refractivity contribution in [1.82, 2.24) is 26.3 Å². The Labute approximate surface area is 298 Å². The van der Waals surface area contributed by atoms with Crippen molar-refractivity contribution in [2.24, 2.45) is 11.7 Å². The summed E-state index contributed by atoms with van der Waals surface area (Å²) in [5.74, 6) is -2.15. The summed E-state index contributed by atoms with van der Waals surface area (Å²) in [4.78, 5) is 59.1. The van der Waals surface area contributed by atoms with Crippen LogP contribution in [0.15, 0.2) is 95.8 Å². The molecule has 50 heavy (non-hydrogen) atoms. The Morgan fingerprint density at radius 2 is 1.44 bits per heavy atom. The van der Waals surface area contributed by atoms with Crippen LogP contribution in [0.1, 0.15) is 29.0 Å². The van der Waals surface area contributed by atoms with Crippen LogP contribution in [0.25, 0.3) is 21.2 Å². The number of hydrogen-bond acceptors (Lipinski definition) is 8. The zero-order valence-electron chi connectivity index (χ0n) is 27.5. The lowest BCUT2D eigenvalue weighted by Crippen LogP contribution is -2.58. The van der Waals surface area contributed by atoms with E-state index in [0.717, 1.165) is 44.7 Å². The van der Waals surface area contributed by atoms with Crippen molar-refractivity contribution in [2.45, 2.75) is 50.2 Å². The van der Waals surface area contributed by atoms with Gasteiger partial charge in [0.25, 0.3) is 0 Å². The molecule has 4 amide bonds. The molecule has 2 aromatic heterocycles. The fourth-order valence-corrected chi connectivity index (χ4v) is 7.83. The van der Waals surface area contributed by atoms with Gasteiger partial charge in [0.2, 0.25) is 23.6 Å². The van der Waals surface area contributed by atoms with Gasteiger partial charge in [-0.15, -0.1) is 22.7 Å². The Bertz CT molecular complexity index is 1870. The molecular formula is C38H40N6O4S2. The lowest BCUT2D eigenvalue weighted by atomic mass is 9.95. The number of nitrogens with one attached hydrogen (secondary N) is 4. The van der Waals surface area contributed by atoms with Gasteiger partial charge < -0.3 is 27.0 Å². The molecular weight excluding hydrogens is 669 g/mol. The van der Waals surface area contributed by atoms with Crippen LogP contribution >= 0.6 is 22.7 Å². The summed E-state index contributed by atoms with van der Waals surface area (Å²) in [6.45, 7) is 1.46. The molecule has 6 rings (SSSR count). The summed E-state index contributed by atoms with van der Waals surface area (Å²) in [5, 5.41) is 14.8. The van der Waals surface area contributed by atoms with Crippen LogP contribution in [0, 0.1) is 5.92 Å². The van der Waals surface area contributed by atoms with E-state index in [1.165, 1.54) is 22.7 Å². The third-order valence-electron chi connectivity index (χ3n) is 8.92. The van der Waals surface area contributed by atoms with Gasteiger partial charge in [-0.1, -0.05) is 72.8 Å². The number of nitrogens with zero attached hydrogens (tertiary/aromatic N) is 1. The van der Waals surface area contributed by atoms with E-state index < -0.39 is 35.8 Å². The first-order valence-corrected chi connectivity index (χ1v) is 18.5. The Hall–Kier alpha value is -4.91. The second kappa shape index (κ2) is 16.7. The Kier molecular flexibility index (Phi) is 11.6. The first-order chi connectivity index (χ1) is 24.3. The highest BCUT2D eigenvalue weighted by molar-refractivity contribution is 7.19. The van der Waals surface area contributed by atoms with E-state index in [4.69, 9.17) is 5.73 Å². The average Bonchev–Trinajstić information content (AvgIpc) is 3.81. The topological polar surface area (TPSA) is 155 Å². The predicted octanol–water partition coefficient (Wildman–Crippen LogP) is 3.99. The maximum atomic E-state index is 14.2. The van der Waals surface area contributed by atoms with Crippen molar-refractivity contribution in [2.75, 3.05) is 13.1 Å². The first-order valence-electron chi connectivity index (χ1n) is 16.7. The van der Waals surface area contributed by atoms with Crippen molar-refractivity contribution in [3.8, 4) is 11.1 Å². The fraction of sp³-hybridized carbons (Fsp3) is 0.289. The molecule has 0 aliphatic carbocycles. The van der Waals surface area contributed by atoms with E-state index >= 15 is 0 Å². The molecule has 6 N–H and O–H groups in total. The summed E-state index contributed by atoms with van der Waals surface area (Å²) in [7, 11) is 0. The van der Waals surface area contributed by atoms with E-state index in [9.17, 15) is 19.2 Å². The van der Waals surface area contributed by atoms with Crippen LogP contribution in [0.2, 0.25) is 0 Å². The molecule has 3 atom stereocenters. The number of benzene rings is 3. The summed E-state index contributed by atoms with van der Waals surface area (Å²) in [6, 6.07) is 24.8. The number of piperidine rings is 1. The largest absolute Gasteiger partial charge is 0.368 e. The molecule has 3 heterocycles. The lowest BCUT2D eigenvalue weighted by Gasteiger charge is -2.27. The van der Waals surface area contributed by atoms with Gasteiger partial charge in [0, 0.05) is 40.1 Å². The van der Waals surface area contributed by atoms with Crippen LogP contribution in [-0.2, 0) is 38.4 Å². The maximum Gasteiger partial charge on any atom is 0.243 e. The number of carbonyl (C=O) groups is 4. The van der Waals surface area contributed by atoms with Crippen LogP contribution in [0.4, 0.5) is 0 Å². The van der Waals surface area contributed by atoms with Crippen molar-refractivity contribution < 1.29 is 19.2 Å². The van der Waals surface area contributed by atoms with Crippen LogP contribution < -0.4 is 27.0 Å². The maximum absolute atomic E-state index is 14.2. The minimum absolute atomic E-state index is 0.127. The Morgan fingerprint density at radius 3 is 2.12 bits per heavy atom. The SMILES string of the molecule is NC(=O)[C@H](Cc1cscn1)NC(=O)[C@@H](Cc1cc2ccccc2s1)NC(=O)[C@@H](Cc1ccc(-c2ccccc2)cc1)NC(=O)C1CCNCC1. The minimum Gasteiger partial charge on any atom is -0.368 e. The fourth-order valence-electron chi connectivity index (χ4n) is 6.15. The van der Waals surface area contributed by atoms with Gasteiger partial charge in [-0.3, -0.25) is 19.2 Å². The van der Waals surface area contributed by atoms with Gasteiger partial charge in [0.15, 0.2) is 0 Å². The molecule has 1 aliphatic rings. The van der Waals surface area contributed by atoms with E-state index in [0.29, 0.717) is 18.5 Å². The zero-order valence-corrected chi connectivity index (χ0v) is 29.1. The third-order valence-corrected chi connectivity index (χ3v) is 10.7. The molecule has 0 unspecified atom stereocenters. The molecule has 1 fully saturated rings. The van der Waals surface area contributed by atoms with Crippen molar-refractivity contribution in [1.29, 1.82) is 0 Å². The van der Waals surface area contributed by atoms with E-state index in [1.54, 1.807) is 10.9 Å². The number of nitrogens with two attached hydrogens (primary N) is 1. The standard InChI is InChI=1S/C38H40N6O4S2/c39-35(45)31(20-29-22-49-23-41-29)42-38(48)33(21-30-19-28-8-4-5-9-34(28)50-30)44-37(47)32(43-36(46)27-14-16-40-17-15-27)18-24-10-12-26(13-11-24)25-6-2-1-3-7-25/h1-13,19,22-23,27,31-33,40H,14-18,20-21H2,(H2,39,45)(H,42,48)(H,43,46)(H,44,47)/t31-,32+,33+/m0/s1. The molecule has 0 radical (unpaired) electrons. The summed E-state index contributed by atoms with van der Waals surface area (Å²) in [5.41, 5.74) is 10.9. The van der Waals surface area contributed by atoms with Crippen LogP contribution in [-0.4, -0.2) is 59.8 Å². The second-order valence-corrected chi connectivity index (χ2v) is 14.4.